The third kappa shape index (κ3) is 49.4. The van der Waals surface area contributed by atoms with Gasteiger partial charge in [-0.05, 0) is 77.0 Å². The Morgan fingerprint density at radius 3 is 1.27 bits per heavy atom. The van der Waals surface area contributed by atoms with E-state index in [1.807, 2.05) is 21.1 Å². The molecule has 10 heteroatoms. The Morgan fingerprint density at radius 1 is 0.484 bits per heavy atom. The van der Waals surface area contributed by atoms with E-state index in [-0.39, 0.29) is 26.1 Å². The maximum atomic E-state index is 12.8. The van der Waals surface area contributed by atoms with Crippen LogP contribution in [-0.4, -0.2) is 70.0 Å². The largest absolute Gasteiger partial charge is 0.756 e. The summed E-state index contributed by atoms with van der Waals surface area (Å²) in [7, 11) is 1.16. The molecule has 0 aliphatic heterocycles. The van der Waals surface area contributed by atoms with E-state index in [9.17, 15) is 19.0 Å². The molecule has 64 heavy (non-hydrogen) atoms. The van der Waals surface area contributed by atoms with Crippen LogP contribution >= 0.6 is 7.82 Å². The molecule has 2 unspecified atom stereocenters. The van der Waals surface area contributed by atoms with Crippen LogP contribution in [0.1, 0.15) is 232 Å². The fraction of sp³-hybridized carbons (Fsp3) is 0.815. The number of nitrogens with zero attached hydrogens (tertiary/aromatic N) is 1. The minimum Gasteiger partial charge on any atom is -0.756 e. The van der Waals surface area contributed by atoms with E-state index in [4.69, 9.17) is 18.5 Å². The van der Waals surface area contributed by atoms with Crippen LogP contribution in [0.15, 0.2) is 48.6 Å². The Hall–Kier alpha value is -2.03. The summed E-state index contributed by atoms with van der Waals surface area (Å²) in [6, 6.07) is 0. The van der Waals surface area contributed by atoms with Gasteiger partial charge in [0.2, 0.25) is 0 Å². The molecular weight excluding hydrogens is 822 g/mol. The zero-order valence-corrected chi connectivity index (χ0v) is 43.1. The van der Waals surface area contributed by atoms with Crippen LogP contribution in [0.3, 0.4) is 0 Å². The standard InChI is InChI=1S/C54H100NO8P/c1-6-8-10-12-14-16-18-20-22-23-24-25-26-27-28-29-30-31-33-35-37-39-41-43-45-47-54(57)63-52(51-62-64(58,59)61-49-48-55(3,4)5)50-60-53(56)46-44-42-40-38-36-34-32-21-19-17-15-13-11-9-7-2/h18,20-21,23-24,26-27,32,52H,6-17,19,22,25,28-31,33-51H2,1-5H3/b20-18-,24-23-,27-26-,32-21-. The molecule has 0 heterocycles. The number of quaternary nitrogens is 1. The van der Waals surface area contributed by atoms with Crippen molar-refractivity contribution in [2.24, 2.45) is 0 Å². The van der Waals surface area contributed by atoms with Crippen LogP contribution < -0.4 is 4.89 Å². The van der Waals surface area contributed by atoms with Gasteiger partial charge in [-0.1, -0.05) is 191 Å². The summed E-state index contributed by atoms with van der Waals surface area (Å²) >= 11 is 0. The van der Waals surface area contributed by atoms with E-state index in [1.165, 1.54) is 122 Å². The van der Waals surface area contributed by atoms with Crippen molar-refractivity contribution in [1.29, 1.82) is 0 Å². The number of allylic oxidation sites excluding steroid dienone is 8. The Morgan fingerprint density at radius 2 is 0.844 bits per heavy atom. The second-order valence-corrected chi connectivity index (χ2v) is 20.3. The van der Waals surface area contributed by atoms with Gasteiger partial charge in [0, 0.05) is 12.8 Å². The van der Waals surface area contributed by atoms with Crippen LogP contribution in [-0.2, 0) is 32.7 Å². The molecule has 0 saturated heterocycles. The third-order valence-electron chi connectivity index (χ3n) is 11.3. The SMILES string of the molecule is CCCCCCC/C=C\C/C=C\C/C=C\CCCCCCCCCCCCC(=O)OC(COC(=O)CCCCCCC/C=C\CCCCCCCC)COP(=O)([O-])OCC[N+](C)(C)C. The molecule has 0 aromatic rings. The average Bonchev–Trinajstić information content (AvgIpc) is 3.25. The molecule has 0 aliphatic rings. The first-order chi connectivity index (χ1) is 31.0. The zero-order valence-electron chi connectivity index (χ0n) is 42.2. The van der Waals surface area contributed by atoms with Crippen LogP contribution in [0, 0.1) is 0 Å². The van der Waals surface area contributed by atoms with E-state index in [0.717, 1.165) is 77.0 Å². The predicted octanol–water partition coefficient (Wildman–Crippen LogP) is 15.2. The number of ether oxygens (including phenoxy) is 2. The number of phosphoric acid groups is 1. The molecule has 9 nitrogen and oxygen atoms in total. The molecule has 0 saturated carbocycles. The summed E-state index contributed by atoms with van der Waals surface area (Å²) < 4.78 is 34.0. The zero-order chi connectivity index (χ0) is 47.1. The normalized spacial score (nSPS) is 13.8. The first-order valence-corrected chi connectivity index (χ1v) is 27.8. The Labute approximate surface area is 394 Å². The number of rotatable bonds is 48. The van der Waals surface area contributed by atoms with Crippen molar-refractivity contribution < 1.29 is 42.1 Å². The van der Waals surface area contributed by atoms with Crippen LogP contribution in [0.25, 0.3) is 0 Å². The fourth-order valence-corrected chi connectivity index (χ4v) is 7.92. The summed E-state index contributed by atoms with van der Waals surface area (Å²) in [6.45, 7) is 4.22. The van der Waals surface area contributed by atoms with Crippen molar-refractivity contribution >= 4 is 19.8 Å². The van der Waals surface area contributed by atoms with Gasteiger partial charge in [-0.25, -0.2) is 0 Å². The number of phosphoric ester groups is 1. The van der Waals surface area contributed by atoms with E-state index in [2.05, 4.69) is 62.5 Å². The summed E-state index contributed by atoms with van der Waals surface area (Å²) in [6.07, 6.45) is 55.7. The highest BCUT2D eigenvalue weighted by Gasteiger charge is 2.21. The van der Waals surface area contributed by atoms with E-state index >= 15 is 0 Å². The van der Waals surface area contributed by atoms with Crippen LogP contribution in [0.5, 0.6) is 0 Å². The topological polar surface area (TPSA) is 111 Å². The van der Waals surface area contributed by atoms with E-state index < -0.39 is 32.5 Å². The molecule has 0 aromatic heterocycles. The number of carbonyl (C=O) groups excluding carboxylic acids is 2. The lowest BCUT2D eigenvalue weighted by molar-refractivity contribution is -0.870. The van der Waals surface area contributed by atoms with Crippen molar-refractivity contribution in [3.05, 3.63) is 48.6 Å². The quantitative estimate of drug-likeness (QED) is 0.0195. The maximum absolute atomic E-state index is 12.8. The van der Waals surface area contributed by atoms with Crippen molar-refractivity contribution in [1.82, 2.24) is 0 Å². The number of carbonyl (C=O) groups is 2. The van der Waals surface area contributed by atoms with Crippen LogP contribution in [0.4, 0.5) is 0 Å². The van der Waals surface area contributed by atoms with Gasteiger partial charge in [0.25, 0.3) is 7.82 Å². The average molecular weight is 922 g/mol. The summed E-state index contributed by atoms with van der Waals surface area (Å²) in [5.74, 6) is -0.844. The summed E-state index contributed by atoms with van der Waals surface area (Å²) in [5, 5.41) is 0. The van der Waals surface area contributed by atoms with Crippen molar-refractivity contribution in [3.8, 4) is 0 Å². The molecule has 374 valence electrons. The molecule has 0 rings (SSSR count). The third-order valence-corrected chi connectivity index (χ3v) is 12.3. The lowest BCUT2D eigenvalue weighted by Crippen LogP contribution is -2.37. The van der Waals surface area contributed by atoms with E-state index in [1.54, 1.807) is 0 Å². The smallest absolute Gasteiger partial charge is 0.306 e. The fourth-order valence-electron chi connectivity index (χ4n) is 7.19. The van der Waals surface area contributed by atoms with Gasteiger partial charge in [0.15, 0.2) is 6.10 Å². The number of likely N-dealkylation sites (N-methyl/N-ethyl adjacent to an activating group) is 1. The second-order valence-electron chi connectivity index (χ2n) is 18.9. The minimum absolute atomic E-state index is 0.0337. The van der Waals surface area contributed by atoms with Crippen molar-refractivity contribution in [3.63, 3.8) is 0 Å². The Bertz CT molecular complexity index is 1230. The molecule has 0 fully saturated rings. The molecule has 0 amide bonds. The van der Waals surface area contributed by atoms with Gasteiger partial charge in [-0.15, -0.1) is 0 Å². The predicted molar refractivity (Wildman–Crippen MR) is 268 cm³/mol. The van der Waals surface area contributed by atoms with Crippen LogP contribution in [0.2, 0.25) is 0 Å². The number of unbranched alkanes of at least 4 members (excludes halogenated alkanes) is 26. The highest BCUT2D eigenvalue weighted by Crippen LogP contribution is 2.38. The van der Waals surface area contributed by atoms with Gasteiger partial charge in [-0.3, -0.25) is 14.2 Å². The number of esters is 2. The first kappa shape index (κ1) is 62.0. The Kier molecular flexibility index (Phi) is 44.6. The minimum atomic E-state index is -4.63. The summed E-state index contributed by atoms with van der Waals surface area (Å²) in [5.41, 5.74) is 0. The molecule has 0 radical (unpaired) electrons. The van der Waals surface area contributed by atoms with Gasteiger partial charge in [-0.2, -0.15) is 0 Å². The lowest BCUT2D eigenvalue weighted by Gasteiger charge is -2.28. The molecular formula is C54H100NO8P. The number of hydrogen-bond acceptors (Lipinski definition) is 8. The lowest BCUT2D eigenvalue weighted by atomic mass is 10.0. The molecule has 0 spiro atoms. The highest BCUT2D eigenvalue weighted by atomic mass is 31.2. The molecule has 0 bridgehead atoms. The van der Waals surface area contributed by atoms with Crippen molar-refractivity contribution in [2.45, 2.75) is 238 Å². The van der Waals surface area contributed by atoms with Gasteiger partial charge < -0.3 is 27.9 Å². The van der Waals surface area contributed by atoms with Gasteiger partial charge in [0.1, 0.15) is 19.8 Å². The Balaban J connectivity index is 4.22. The molecule has 0 aliphatic carbocycles. The number of hydrogen-bond donors (Lipinski definition) is 0. The van der Waals surface area contributed by atoms with Crippen molar-refractivity contribution in [2.75, 3.05) is 47.5 Å². The second kappa shape index (κ2) is 46.1. The van der Waals surface area contributed by atoms with Gasteiger partial charge in [0.05, 0.1) is 27.7 Å². The molecule has 2 atom stereocenters. The molecule has 0 aromatic carbocycles. The highest BCUT2D eigenvalue weighted by molar-refractivity contribution is 7.45. The van der Waals surface area contributed by atoms with Gasteiger partial charge >= 0.3 is 11.9 Å². The maximum Gasteiger partial charge on any atom is 0.306 e. The van der Waals surface area contributed by atoms with E-state index in [0.29, 0.717) is 17.4 Å². The monoisotopic (exact) mass is 922 g/mol. The molecule has 0 N–H and O–H groups in total. The summed E-state index contributed by atoms with van der Waals surface area (Å²) in [4.78, 5) is 37.7. The first-order valence-electron chi connectivity index (χ1n) is 26.3.